The van der Waals surface area contributed by atoms with Crippen LogP contribution in [0, 0.1) is 0 Å². The Balaban J connectivity index is 1.61. The molecule has 0 aliphatic heterocycles. The molecule has 3 aromatic rings. The van der Waals surface area contributed by atoms with Crippen molar-refractivity contribution in [3.8, 4) is 0 Å². The summed E-state index contributed by atoms with van der Waals surface area (Å²) in [4.78, 5) is 12.7. The molecule has 134 valence electrons. The molecule has 0 aliphatic carbocycles. The molecular weight excluding hydrogens is 368 g/mol. The zero-order valence-corrected chi connectivity index (χ0v) is 15.5. The first-order chi connectivity index (χ1) is 12.5. The van der Waals surface area contributed by atoms with Crippen LogP contribution in [-0.2, 0) is 16.4 Å². The van der Waals surface area contributed by atoms with E-state index in [1.165, 1.54) is 11.4 Å². The van der Waals surface area contributed by atoms with Crippen molar-refractivity contribution in [1.29, 1.82) is 0 Å². The van der Waals surface area contributed by atoms with Gasteiger partial charge in [-0.3, -0.25) is 4.79 Å². The second-order valence-electron chi connectivity index (χ2n) is 5.60. The SMILES string of the molecule is O=C(Nc1ccccc1)c1cc(S(=O)(=O)NCCc2ccccc2)cs1. The molecule has 0 atom stereocenters. The topological polar surface area (TPSA) is 75.3 Å². The summed E-state index contributed by atoms with van der Waals surface area (Å²) in [7, 11) is -3.64. The van der Waals surface area contributed by atoms with Crippen molar-refractivity contribution in [2.45, 2.75) is 11.3 Å². The van der Waals surface area contributed by atoms with Crippen molar-refractivity contribution >= 4 is 33.0 Å². The van der Waals surface area contributed by atoms with Crippen LogP contribution < -0.4 is 10.0 Å². The Labute approximate surface area is 156 Å². The number of rotatable bonds is 7. The van der Waals surface area contributed by atoms with Gasteiger partial charge >= 0.3 is 0 Å². The van der Waals surface area contributed by atoms with Crippen LogP contribution in [0.1, 0.15) is 15.2 Å². The number of sulfonamides is 1. The summed E-state index contributed by atoms with van der Waals surface area (Å²) < 4.78 is 27.3. The first-order valence-corrected chi connectivity index (χ1v) is 10.4. The van der Waals surface area contributed by atoms with Crippen molar-refractivity contribution in [3.63, 3.8) is 0 Å². The van der Waals surface area contributed by atoms with Crippen LogP contribution in [-0.4, -0.2) is 20.9 Å². The van der Waals surface area contributed by atoms with E-state index in [2.05, 4.69) is 10.0 Å². The van der Waals surface area contributed by atoms with Crippen molar-refractivity contribution < 1.29 is 13.2 Å². The van der Waals surface area contributed by atoms with Gasteiger partial charge in [0.1, 0.15) is 0 Å². The van der Waals surface area contributed by atoms with Crippen LogP contribution in [0.5, 0.6) is 0 Å². The van der Waals surface area contributed by atoms with Crippen molar-refractivity contribution in [1.82, 2.24) is 4.72 Å². The van der Waals surface area contributed by atoms with E-state index in [0.717, 1.165) is 16.9 Å². The molecule has 7 heteroatoms. The second-order valence-corrected chi connectivity index (χ2v) is 8.28. The lowest BCUT2D eigenvalue weighted by molar-refractivity contribution is 0.103. The number of para-hydroxylation sites is 1. The monoisotopic (exact) mass is 386 g/mol. The van der Waals surface area contributed by atoms with Crippen LogP contribution in [0.25, 0.3) is 0 Å². The number of nitrogens with one attached hydrogen (secondary N) is 2. The number of carbonyl (C=O) groups excluding carboxylic acids is 1. The van der Waals surface area contributed by atoms with Crippen molar-refractivity contribution in [2.24, 2.45) is 0 Å². The average molecular weight is 386 g/mol. The fraction of sp³-hybridized carbons (Fsp3) is 0.105. The second kappa shape index (κ2) is 8.27. The highest BCUT2D eigenvalue weighted by Gasteiger charge is 2.18. The van der Waals surface area contributed by atoms with Crippen LogP contribution in [0.3, 0.4) is 0 Å². The molecule has 0 unspecified atom stereocenters. The normalized spacial score (nSPS) is 11.2. The Hall–Kier alpha value is -2.48. The Bertz CT molecular complexity index is 968. The van der Waals surface area contributed by atoms with Crippen LogP contribution in [0.4, 0.5) is 5.69 Å². The van der Waals surface area contributed by atoms with Gasteiger partial charge < -0.3 is 5.32 Å². The molecule has 26 heavy (non-hydrogen) atoms. The Morgan fingerprint density at radius 2 is 1.62 bits per heavy atom. The maximum absolute atomic E-state index is 12.4. The van der Waals surface area contributed by atoms with Gasteiger partial charge in [0.15, 0.2) is 0 Å². The highest BCUT2D eigenvalue weighted by molar-refractivity contribution is 7.89. The highest BCUT2D eigenvalue weighted by Crippen LogP contribution is 2.20. The fourth-order valence-corrected chi connectivity index (χ4v) is 4.55. The molecule has 0 aliphatic rings. The van der Waals surface area contributed by atoms with E-state index in [9.17, 15) is 13.2 Å². The molecule has 2 N–H and O–H groups in total. The van der Waals surface area contributed by atoms with Gasteiger partial charge in [0, 0.05) is 17.6 Å². The molecule has 1 aromatic heterocycles. The zero-order chi connectivity index (χ0) is 18.4. The molecule has 2 aromatic carbocycles. The van der Waals surface area contributed by atoms with Crippen molar-refractivity contribution in [3.05, 3.63) is 82.6 Å². The predicted molar refractivity (Wildman–Crippen MR) is 104 cm³/mol. The molecule has 0 fully saturated rings. The molecule has 3 rings (SSSR count). The van der Waals surface area contributed by atoms with Gasteiger partial charge in [0.25, 0.3) is 5.91 Å². The summed E-state index contributed by atoms with van der Waals surface area (Å²) in [5.41, 5.74) is 1.72. The van der Waals surface area contributed by atoms with Gasteiger partial charge in [-0.05, 0) is 30.2 Å². The summed E-state index contributed by atoms with van der Waals surface area (Å²) in [6.07, 6.45) is 0.603. The summed E-state index contributed by atoms with van der Waals surface area (Å²) in [6.45, 7) is 0.299. The lowest BCUT2D eigenvalue weighted by Crippen LogP contribution is -2.25. The minimum atomic E-state index is -3.64. The van der Waals surface area contributed by atoms with Gasteiger partial charge in [-0.25, -0.2) is 13.1 Å². The molecule has 1 heterocycles. The molecule has 0 spiro atoms. The minimum absolute atomic E-state index is 0.105. The smallest absolute Gasteiger partial charge is 0.265 e. The van der Waals surface area contributed by atoms with E-state index in [0.29, 0.717) is 23.5 Å². The first kappa shape index (κ1) is 18.3. The summed E-state index contributed by atoms with van der Waals surface area (Å²) >= 11 is 1.10. The zero-order valence-electron chi connectivity index (χ0n) is 13.9. The molecule has 0 saturated carbocycles. The summed E-state index contributed by atoms with van der Waals surface area (Å²) in [5.74, 6) is -0.327. The largest absolute Gasteiger partial charge is 0.321 e. The Morgan fingerprint density at radius 3 is 2.31 bits per heavy atom. The van der Waals surface area contributed by atoms with Gasteiger partial charge in [0.2, 0.25) is 10.0 Å². The lowest BCUT2D eigenvalue weighted by Gasteiger charge is -2.05. The summed E-state index contributed by atoms with van der Waals surface area (Å²) in [5, 5.41) is 4.22. The number of benzene rings is 2. The maximum atomic E-state index is 12.4. The highest BCUT2D eigenvalue weighted by atomic mass is 32.2. The van der Waals surface area contributed by atoms with E-state index in [1.807, 2.05) is 48.5 Å². The number of anilines is 1. The van der Waals surface area contributed by atoms with Gasteiger partial charge in [-0.2, -0.15) is 0 Å². The third kappa shape index (κ3) is 4.78. The number of hydrogen-bond acceptors (Lipinski definition) is 4. The number of hydrogen-bond donors (Lipinski definition) is 2. The average Bonchev–Trinajstić information content (AvgIpc) is 3.15. The standard InChI is InChI=1S/C19H18N2O3S2/c22-19(21-16-9-5-2-6-10-16)18-13-17(14-25-18)26(23,24)20-12-11-15-7-3-1-4-8-15/h1-10,13-14,20H,11-12H2,(H,21,22). The third-order valence-electron chi connectivity index (χ3n) is 3.69. The quantitative estimate of drug-likeness (QED) is 0.652. The van der Waals surface area contributed by atoms with Gasteiger partial charge in [0.05, 0.1) is 9.77 Å². The molecular formula is C19H18N2O3S2. The fourth-order valence-electron chi connectivity index (χ4n) is 2.35. The number of amides is 1. The number of thiophene rings is 1. The minimum Gasteiger partial charge on any atom is -0.321 e. The van der Waals surface area contributed by atoms with Crippen LogP contribution >= 0.6 is 11.3 Å². The Kier molecular flexibility index (Phi) is 5.82. The van der Waals surface area contributed by atoms with Crippen LogP contribution in [0.15, 0.2) is 77.0 Å². The predicted octanol–water partition coefficient (Wildman–Crippen LogP) is 3.52. The molecule has 0 radical (unpaired) electrons. The van der Waals surface area contributed by atoms with E-state index < -0.39 is 10.0 Å². The number of carbonyl (C=O) groups is 1. The van der Waals surface area contributed by atoms with E-state index >= 15 is 0 Å². The van der Waals surface area contributed by atoms with Gasteiger partial charge in [-0.15, -0.1) is 11.3 Å². The third-order valence-corrected chi connectivity index (χ3v) is 6.21. The molecule has 0 saturated heterocycles. The maximum Gasteiger partial charge on any atom is 0.265 e. The van der Waals surface area contributed by atoms with Gasteiger partial charge in [-0.1, -0.05) is 48.5 Å². The molecule has 5 nitrogen and oxygen atoms in total. The van der Waals surface area contributed by atoms with Crippen LogP contribution in [0.2, 0.25) is 0 Å². The van der Waals surface area contributed by atoms with E-state index in [4.69, 9.17) is 0 Å². The van der Waals surface area contributed by atoms with E-state index in [1.54, 1.807) is 12.1 Å². The summed E-state index contributed by atoms with van der Waals surface area (Å²) in [6, 6.07) is 20.1. The lowest BCUT2D eigenvalue weighted by atomic mass is 10.2. The van der Waals surface area contributed by atoms with E-state index in [-0.39, 0.29) is 10.8 Å². The Morgan fingerprint density at radius 1 is 0.962 bits per heavy atom. The molecule has 1 amide bonds. The first-order valence-electron chi connectivity index (χ1n) is 8.03. The van der Waals surface area contributed by atoms with Crippen molar-refractivity contribution in [2.75, 3.05) is 11.9 Å². The molecule has 0 bridgehead atoms.